The van der Waals surface area contributed by atoms with Crippen LogP contribution in [-0.2, 0) is 4.79 Å². The quantitative estimate of drug-likeness (QED) is 0.714. The van der Waals surface area contributed by atoms with E-state index in [1.807, 2.05) is 0 Å². The van der Waals surface area contributed by atoms with Gasteiger partial charge in [0.1, 0.15) is 0 Å². The van der Waals surface area contributed by atoms with Gasteiger partial charge in [0.05, 0.1) is 6.10 Å². The molecule has 1 unspecified atom stereocenters. The number of carbonyl (C=O) groups is 1. The molecule has 17 heavy (non-hydrogen) atoms. The maximum absolute atomic E-state index is 11.4. The number of rotatable bonds is 7. The Morgan fingerprint density at radius 2 is 2.24 bits per heavy atom. The van der Waals surface area contributed by atoms with E-state index < -0.39 is 0 Å². The van der Waals surface area contributed by atoms with Crippen LogP contribution in [0, 0.1) is 5.41 Å². The summed E-state index contributed by atoms with van der Waals surface area (Å²) in [6.45, 7) is 7.71. The summed E-state index contributed by atoms with van der Waals surface area (Å²) in [4.78, 5) is 11.4. The molecule has 4 heteroatoms. The molecule has 0 aromatic carbocycles. The fraction of sp³-hybridized carbons (Fsp3) is 0.923. The van der Waals surface area contributed by atoms with Gasteiger partial charge in [0, 0.05) is 19.5 Å². The van der Waals surface area contributed by atoms with Gasteiger partial charge in [-0.25, -0.2) is 5.43 Å². The minimum Gasteiger partial charge on any atom is -0.393 e. The second-order valence-electron chi connectivity index (χ2n) is 5.60. The second kappa shape index (κ2) is 6.36. The van der Waals surface area contributed by atoms with Gasteiger partial charge in [0.2, 0.25) is 5.91 Å². The van der Waals surface area contributed by atoms with Crippen molar-refractivity contribution in [3.05, 3.63) is 0 Å². The number of hydrazine groups is 1. The Morgan fingerprint density at radius 1 is 1.53 bits per heavy atom. The smallest absolute Gasteiger partial charge is 0.238 e. The normalized spacial score (nSPS) is 18.8. The average molecular weight is 242 g/mol. The molecule has 2 N–H and O–H groups in total. The van der Waals surface area contributed by atoms with E-state index >= 15 is 0 Å². The first-order chi connectivity index (χ1) is 7.97. The zero-order valence-corrected chi connectivity index (χ0v) is 11.3. The van der Waals surface area contributed by atoms with E-state index in [0.29, 0.717) is 19.4 Å². The van der Waals surface area contributed by atoms with E-state index in [-0.39, 0.29) is 17.4 Å². The molecular formula is C13H26N2O2. The lowest BCUT2D eigenvalue weighted by Crippen LogP contribution is -2.39. The summed E-state index contributed by atoms with van der Waals surface area (Å²) in [5.41, 5.74) is 2.97. The van der Waals surface area contributed by atoms with Crippen LogP contribution in [0.15, 0.2) is 0 Å². The highest BCUT2D eigenvalue weighted by Crippen LogP contribution is 2.29. The van der Waals surface area contributed by atoms with Gasteiger partial charge in [-0.1, -0.05) is 33.6 Å². The standard InChI is InChI=1S/C13H26N2O2/c1-4-5-8-13(2,3)11(16)7-10-15-12(17)6-9-14-15/h11,14,16H,4-10H2,1-3H3. The molecule has 0 saturated carbocycles. The molecule has 1 rings (SSSR count). The fourth-order valence-electron chi connectivity index (χ4n) is 2.17. The Morgan fingerprint density at radius 3 is 2.76 bits per heavy atom. The topological polar surface area (TPSA) is 52.6 Å². The largest absolute Gasteiger partial charge is 0.393 e. The van der Waals surface area contributed by atoms with E-state index in [0.717, 1.165) is 25.8 Å². The lowest BCUT2D eigenvalue weighted by atomic mass is 9.80. The van der Waals surface area contributed by atoms with E-state index in [1.165, 1.54) is 0 Å². The third kappa shape index (κ3) is 4.28. The van der Waals surface area contributed by atoms with Crippen molar-refractivity contribution >= 4 is 5.91 Å². The molecule has 1 aliphatic heterocycles. The first-order valence-electron chi connectivity index (χ1n) is 6.69. The molecule has 100 valence electrons. The van der Waals surface area contributed by atoms with Gasteiger partial charge in [-0.2, -0.15) is 0 Å². The number of unbranched alkanes of at least 4 members (excludes halogenated alkanes) is 1. The number of aliphatic hydroxyl groups excluding tert-OH is 1. The van der Waals surface area contributed by atoms with Crippen molar-refractivity contribution in [1.82, 2.24) is 10.4 Å². The molecule has 1 heterocycles. The summed E-state index contributed by atoms with van der Waals surface area (Å²) in [5.74, 6) is 0.142. The highest BCUT2D eigenvalue weighted by Gasteiger charge is 2.28. The molecule has 1 saturated heterocycles. The van der Waals surface area contributed by atoms with Gasteiger partial charge in [-0.15, -0.1) is 0 Å². The fourth-order valence-corrected chi connectivity index (χ4v) is 2.17. The zero-order chi connectivity index (χ0) is 12.9. The number of hydrogen-bond acceptors (Lipinski definition) is 3. The van der Waals surface area contributed by atoms with Crippen LogP contribution >= 0.6 is 0 Å². The molecule has 1 atom stereocenters. The first-order valence-corrected chi connectivity index (χ1v) is 6.69. The van der Waals surface area contributed by atoms with Gasteiger partial charge >= 0.3 is 0 Å². The van der Waals surface area contributed by atoms with E-state index in [9.17, 15) is 9.90 Å². The maximum atomic E-state index is 11.4. The van der Waals surface area contributed by atoms with Crippen LogP contribution in [0.5, 0.6) is 0 Å². The summed E-state index contributed by atoms with van der Waals surface area (Å²) in [6, 6.07) is 0. The number of aliphatic hydroxyl groups is 1. The molecule has 0 aromatic heterocycles. The Balaban J connectivity index is 2.32. The van der Waals surface area contributed by atoms with E-state index in [4.69, 9.17) is 0 Å². The Hall–Kier alpha value is -0.610. The minimum atomic E-state index is -0.343. The number of carbonyl (C=O) groups excluding carboxylic acids is 1. The van der Waals surface area contributed by atoms with Crippen LogP contribution in [-0.4, -0.2) is 35.2 Å². The monoisotopic (exact) mass is 242 g/mol. The van der Waals surface area contributed by atoms with Gasteiger partial charge in [-0.3, -0.25) is 9.80 Å². The predicted octanol–water partition coefficient (Wildman–Crippen LogP) is 1.69. The van der Waals surface area contributed by atoms with Crippen LogP contribution in [0.2, 0.25) is 0 Å². The number of nitrogens with one attached hydrogen (secondary N) is 1. The van der Waals surface area contributed by atoms with Crippen LogP contribution in [0.25, 0.3) is 0 Å². The Labute approximate surface area is 104 Å². The predicted molar refractivity (Wildman–Crippen MR) is 68.3 cm³/mol. The van der Waals surface area contributed by atoms with Crippen molar-refractivity contribution in [3.63, 3.8) is 0 Å². The molecule has 0 spiro atoms. The molecule has 0 aromatic rings. The summed E-state index contributed by atoms with van der Waals surface area (Å²) in [5, 5.41) is 11.8. The lowest BCUT2D eigenvalue weighted by Gasteiger charge is -2.31. The zero-order valence-electron chi connectivity index (χ0n) is 11.3. The molecule has 1 aliphatic rings. The number of nitrogens with zero attached hydrogens (tertiary/aromatic N) is 1. The van der Waals surface area contributed by atoms with E-state index in [2.05, 4.69) is 26.2 Å². The van der Waals surface area contributed by atoms with Gasteiger partial charge in [0.15, 0.2) is 0 Å². The molecule has 1 amide bonds. The van der Waals surface area contributed by atoms with Crippen molar-refractivity contribution in [1.29, 1.82) is 0 Å². The maximum Gasteiger partial charge on any atom is 0.238 e. The third-order valence-electron chi connectivity index (χ3n) is 3.65. The number of hydrogen-bond donors (Lipinski definition) is 2. The Kier molecular flexibility index (Phi) is 5.40. The highest BCUT2D eigenvalue weighted by atomic mass is 16.3. The third-order valence-corrected chi connectivity index (χ3v) is 3.65. The van der Waals surface area contributed by atoms with Crippen LogP contribution in [0.1, 0.15) is 52.9 Å². The summed E-state index contributed by atoms with van der Waals surface area (Å²) >= 11 is 0. The van der Waals surface area contributed by atoms with Crippen molar-refractivity contribution in [2.24, 2.45) is 5.41 Å². The summed E-state index contributed by atoms with van der Waals surface area (Å²) in [7, 11) is 0. The molecule has 0 bridgehead atoms. The van der Waals surface area contributed by atoms with Crippen LogP contribution in [0.3, 0.4) is 0 Å². The van der Waals surface area contributed by atoms with Crippen molar-refractivity contribution < 1.29 is 9.90 Å². The van der Waals surface area contributed by atoms with Gasteiger partial charge in [-0.05, 0) is 18.3 Å². The highest BCUT2D eigenvalue weighted by molar-refractivity contribution is 5.77. The summed E-state index contributed by atoms with van der Waals surface area (Å²) < 4.78 is 0. The second-order valence-corrected chi connectivity index (χ2v) is 5.60. The minimum absolute atomic E-state index is 0.0568. The molecular weight excluding hydrogens is 216 g/mol. The van der Waals surface area contributed by atoms with Crippen LogP contribution in [0.4, 0.5) is 0 Å². The van der Waals surface area contributed by atoms with E-state index in [1.54, 1.807) is 5.01 Å². The first kappa shape index (κ1) is 14.5. The molecule has 4 nitrogen and oxygen atoms in total. The lowest BCUT2D eigenvalue weighted by molar-refractivity contribution is -0.130. The van der Waals surface area contributed by atoms with Gasteiger partial charge in [0.25, 0.3) is 0 Å². The summed E-state index contributed by atoms with van der Waals surface area (Å²) in [6.07, 6.45) is 4.22. The van der Waals surface area contributed by atoms with Crippen molar-refractivity contribution in [2.75, 3.05) is 13.1 Å². The SMILES string of the molecule is CCCCC(C)(C)C(O)CCN1NCCC1=O. The number of amides is 1. The van der Waals surface area contributed by atoms with Crippen LogP contribution < -0.4 is 5.43 Å². The molecule has 0 radical (unpaired) electrons. The van der Waals surface area contributed by atoms with Crippen molar-refractivity contribution in [3.8, 4) is 0 Å². The Bertz CT molecular complexity index is 254. The molecule has 0 aliphatic carbocycles. The van der Waals surface area contributed by atoms with Crippen molar-refractivity contribution in [2.45, 2.75) is 59.0 Å². The molecule has 1 fully saturated rings. The van der Waals surface area contributed by atoms with Gasteiger partial charge < -0.3 is 5.11 Å². The average Bonchev–Trinajstić information content (AvgIpc) is 2.69.